The lowest BCUT2D eigenvalue weighted by Crippen LogP contribution is -2.33. The SMILES string of the molecule is CC(Sc1cc(Cl)ccc1Cl)C(=O)NC(C)c1ccccn1. The molecule has 2 rings (SSSR count). The second-order valence-electron chi connectivity index (χ2n) is 4.82. The minimum absolute atomic E-state index is 0.0702. The Hall–Kier alpha value is -1.23. The van der Waals surface area contributed by atoms with Crippen LogP contribution < -0.4 is 5.32 Å². The van der Waals surface area contributed by atoms with Crippen LogP contribution in [0.1, 0.15) is 25.6 Å². The molecule has 1 amide bonds. The van der Waals surface area contributed by atoms with Gasteiger partial charge in [0.1, 0.15) is 0 Å². The predicted molar refractivity (Wildman–Crippen MR) is 92.6 cm³/mol. The van der Waals surface area contributed by atoms with Crippen LogP contribution in [0, 0.1) is 0 Å². The molecular formula is C16H16Cl2N2OS. The molecule has 0 aliphatic heterocycles. The second-order valence-corrected chi connectivity index (χ2v) is 7.05. The Bertz CT molecular complexity index is 652. The highest BCUT2D eigenvalue weighted by Crippen LogP contribution is 2.32. The average Bonchev–Trinajstić information content (AvgIpc) is 2.51. The van der Waals surface area contributed by atoms with Crippen LogP contribution in [0.5, 0.6) is 0 Å². The van der Waals surface area contributed by atoms with Crippen LogP contribution in [0.2, 0.25) is 10.0 Å². The number of amides is 1. The van der Waals surface area contributed by atoms with Crippen LogP contribution in [-0.4, -0.2) is 16.1 Å². The van der Waals surface area contributed by atoms with E-state index in [0.717, 1.165) is 10.6 Å². The van der Waals surface area contributed by atoms with E-state index in [-0.39, 0.29) is 17.2 Å². The first-order valence-electron chi connectivity index (χ1n) is 6.80. The third kappa shape index (κ3) is 4.63. The van der Waals surface area contributed by atoms with Gasteiger partial charge < -0.3 is 5.32 Å². The second kappa shape index (κ2) is 7.86. The van der Waals surface area contributed by atoms with Crippen molar-refractivity contribution in [1.29, 1.82) is 0 Å². The molecule has 0 saturated heterocycles. The molecule has 1 N–H and O–H groups in total. The van der Waals surface area contributed by atoms with E-state index in [1.807, 2.05) is 32.0 Å². The van der Waals surface area contributed by atoms with E-state index in [9.17, 15) is 4.79 Å². The molecule has 0 bridgehead atoms. The van der Waals surface area contributed by atoms with E-state index in [2.05, 4.69) is 10.3 Å². The number of halogens is 2. The topological polar surface area (TPSA) is 42.0 Å². The molecular weight excluding hydrogens is 339 g/mol. The van der Waals surface area contributed by atoms with E-state index < -0.39 is 0 Å². The molecule has 22 heavy (non-hydrogen) atoms. The Balaban J connectivity index is 1.99. The zero-order valence-electron chi connectivity index (χ0n) is 12.2. The van der Waals surface area contributed by atoms with Crippen molar-refractivity contribution in [3.8, 4) is 0 Å². The van der Waals surface area contributed by atoms with E-state index in [1.54, 1.807) is 24.4 Å². The number of hydrogen-bond acceptors (Lipinski definition) is 3. The standard InChI is InChI=1S/C16H16Cl2N2OS/c1-10(14-5-3-4-8-19-14)20-16(21)11(2)22-15-9-12(17)6-7-13(15)18/h3-11H,1-2H3,(H,20,21). The van der Waals surface area contributed by atoms with Gasteiger partial charge in [0.25, 0.3) is 0 Å². The fraction of sp³-hybridized carbons (Fsp3) is 0.250. The number of rotatable bonds is 5. The number of thioether (sulfide) groups is 1. The number of hydrogen-bond donors (Lipinski definition) is 1. The summed E-state index contributed by atoms with van der Waals surface area (Å²) in [6.45, 7) is 3.74. The summed E-state index contributed by atoms with van der Waals surface area (Å²) in [5.74, 6) is -0.0702. The summed E-state index contributed by atoms with van der Waals surface area (Å²) < 4.78 is 0. The van der Waals surface area contributed by atoms with Gasteiger partial charge in [-0.3, -0.25) is 9.78 Å². The van der Waals surface area contributed by atoms with Gasteiger partial charge in [0, 0.05) is 16.1 Å². The van der Waals surface area contributed by atoms with Crippen molar-refractivity contribution in [2.24, 2.45) is 0 Å². The molecule has 1 heterocycles. The van der Waals surface area contributed by atoms with Crippen molar-refractivity contribution in [2.45, 2.75) is 30.0 Å². The largest absolute Gasteiger partial charge is 0.347 e. The van der Waals surface area contributed by atoms with Gasteiger partial charge in [-0.15, -0.1) is 11.8 Å². The monoisotopic (exact) mass is 354 g/mol. The molecule has 2 aromatic rings. The summed E-state index contributed by atoms with van der Waals surface area (Å²) in [7, 11) is 0. The number of pyridine rings is 1. The van der Waals surface area contributed by atoms with Gasteiger partial charge in [0.2, 0.25) is 5.91 Å². The summed E-state index contributed by atoms with van der Waals surface area (Å²) in [6, 6.07) is 10.7. The first-order valence-corrected chi connectivity index (χ1v) is 8.44. The Labute approximate surface area is 144 Å². The predicted octanol–water partition coefficient (Wildman–Crippen LogP) is 4.75. The molecule has 116 valence electrons. The number of benzene rings is 1. The molecule has 0 aliphatic carbocycles. The maximum atomic E-state index is 12.3. The van der Waals surface area contributed by atoms with Crippen LogP contribution in [0.15, 0.2) is 47.5 Å². The molecule has 0 saturated carbocycles. The number of aromatic nitrogens is 1. The Morgan fingerprint density at radius 2 is 2.00 bits per heavy atom. The van der Waals surface area contributed by atoms with Gasteiger partial charge in [-0.05, 0) is 44.2 Å². The van der Waals surface area contributed by atoms with Crippen molar-refractivity contribution in [2.75, 3.05) is 0 Å². The lowest BCUT2D eigenvalue weighted by molar-refractivity contribution is -0.120. The molecule has 1 aromatic carbocycles. The van der Waals surface area contributed by atoms with Gasteiger partial charge in [-0.1, -0.05) is 29.3 Å². The van der Waals surface area contributed by atoms with Crippen LogP contribution in [-0.2, 0) is 4.79 Å². The molecule has 0 radical (unpaired) electrons. The third-order valence-electron chi connectivity index (χ3n) is 3.06. The van der Waals surface area contributed by atoms with E-state index in [4.69, 9.17) is 23.2 Å². The molecule has 6 heteroatoms. The number of nitrogens with one attached hydrogen (secondary N) is 1. The maximum absolute atomic E-state index is 12.3. The summed E-state index contributed by atoms with van der Waals surface area (Å²) in [5, 5.41) is 3.85. The smallest absolute Gasteiger partial charge is 0.233 e. The van der Waals surface area contributed by atoms with Crippen LogP contribution in [0.25, 0.3) is 0 Å². The lowest BCUT2D eigenvalue weighted by Gasteiger charge is -2.17. The van der Waals surface area contributed by atoms with E-state index in [0.29, 0.717) is 10.0 Å². The first kappa shape index (κ1) is 17.1. The van der Waals surface area contributed by atoms with Crippen molar-refractivity contribution < 1.29 is 4.79 Å². The quantitative estimate of drug-likeness (QED) is 0.788. The molecule has 0 fully saturated rings. The maximum Gasteiger partial charge on any atom is 0.233 e. The van der Waals surface area contributed by atoms with Crippen LogP contribution >= 0.6 is 35.0 Å². The fourth-order valence-corrected chi connectivity index (χ4v) is 3.27. The lowest BCUT2D eigenvalue weighted by atomic mass is 10.2. The Morgan fingerprint density at radius 1 is 1.23 bits per heavy atom. The molecule has 1 aromatic heterocycles. The van der Waals surface area contributed by atoms with Gasteiger partial charge in [-0.25, -0.2) is 0 Å². The third-order valence-corrected chi connectivity index (χ3v) is 4.89. The highest BCUT2D eigenvalue weighted by Gasteiger charge is 2.19. The Kier molecular flexibility index (Phi) is 6.12. The average molecular weight is 355 g/mol. The van der Waals surface area contributed by atoms with Gasteiger partial charge >= 0.3 is 0 Å². The summed E-state index contributed by atoms with van der Waals surface area (Å²) in [5.41, 5.74) is 0.828. The molecule has 0 spiro atoms. The minimum Gasteiger partial charge on any atom is -0.347 e. The molecule has 3 nitrogen and oxygen atoms in total. The minimum atomic E-state index is -0.290. The molecule has 2 unspecified atom stereocenters. The number of nitrogens with zero attached hydrogens (tertiary/aromatic N) is 1. The summed E-state index contributed by atoms with van der Waals surface area (Å²) in [6.07, 6.45) is 1.71. The summed E-state index contributed by atoms with van der Waals surface area (Å²) in [4.78, 5) is 17.3. The van der Waals surface area contributed by atoms with Gasteiger partial charge in [0.15, 0.2) is 0 Å². The van der Waals surface area contributed by atoms with E-state index >= 15 is 0 Å². The van der Waals surface area contributed by atoms with E-state index in [1.165, 1.54) is 11.8 Å². The fourth-order valence-electron chi connectivity index (χ4n) is 1.85. The highest BCUT2D eigenvalue weighted by atomic mass is 35.5. The van der Waals surface area contributed by atoms with Crippen LogP contribution in [0.3, 0.4) is 0 Å². The number of carbonyl (C=O) groups excluding carboxylic acids is 1. The van der Waals surface area contributed by atoms with Crippen LogP contribution in [0.4, 0.5) is 0 Å². The summed E-state index contributed by atoms with van der Waals surface area (Å²) >= 11 is 13.5. The number of carbonyl (C=O) groups is 1. The zero-order valence-corrected chi connectivity index (χ0v) is 14.5. The Morgan fingerprint density at radius 3 is 2.68 bits per heavy atom. The normalized spacial score (nSPS) is 13.5. The van der Waals surface area contributed by atoms with Gasteiger partial charge in [0.05, 0.1) is 22.0 Å². The van der Waals surface area contributed by atoms with Gasteiger partial charge in [-0.2, -0.15) is 0 Å². The molecule has 2 atom stereocenters. The highest BCUT2D eigenvalue weighted by molar-refractivity contribution is 8.00. The van der Waals surface area contributed by atoms with Crippen molar-refractivity contribution in [3.05, 3.63) is 58.3 Å². The van der Waals surface area contributed by atoms with Crippen molar-refractivity contribution in [3.63, 3.8) is 0 Å². The first-order chi connectivity index (χ1) is 10.5. The van der Waals surface area contributed by atoms with Crippen molar-refractivity contribution >= 4 is 40.9 Å². The molecule has 0 aliphatic rings. The zero-order chi connectivity index (χ0) is 16.1. The van der Waals surface area contributed by atoms with Crippen molar-refractivity contribution in [1.82, 2.24) is 10.3 Å².